The molecule has 3 rings (SSSR count). The largest absolute Gasteiger partial charge is 0.494 e. The van der Waals surface area contributed by atoms with E-state index in [-0.39, 0.29) is 0 Å². The minimum Gasteiger partial charge on any atom is -0.494 e. The fourth-order valence-electron chi connectivity index (χ4n) is 2.61. The van der Waals surface area contributed by atoms with Gasteiger partial charge in [-0.1, -0.05) is 43.2 Å². The van der Waals surface area contributed by atoms with E-state index in [0.29, 0.717) is 0 Å². The summed E-state index contributed by atoms with van der Waals surface area (Å²) in [5.74, 6) is 0.914. The van der Waals surface area contributed by atoms with Crippen molar-refractivity contribution in [1.29, 1.82) is 0 Å². The molecule has 2 aromatic carbocycles. The molecule has 1 heterocycles. The van der Waals surface area contributed by atoms with E-state index >= 15 is 0 Å². The SMILES string of the molecule is CCCCOc1ccc(N2C=CCc3cccc(Cl)c32)cc1. The Morgan fingerprint density at radius 3 is 2.73 bits per heavy atom. The van der Waals surface area contributed by atoms with Crippen LogP contribution in [-0.2, 0) is 6.42 Å². The molecule has 0 saturated heterocycles. The zero-order valence-electron chi connectivity index (χ0n) is 12.8. The van der Waals surface area contributed by atoms with Gasteiger partial charge in [-0.2, -0.15) is 0 Å². The van der Waals surface area contributed by atoms with Gasteiger partial charge in [-0.15, -0.1) is 0 Å². The fraction of sp³-hybridized carbons (Fsp3) is 0.263. The van der Waals surface area contributed by atoms with Gasteiger partial charge in [0.1, 0.15) is 5.75 Å². The Bertz CT molecular complexity index is 664. The van der Waals surface area contributed by atoms with E-state index in [4.69, 9.17) is 16.3 Å². The number of benzene rings is 2. The number of para-hydroxylation sites is 1. The highest BCUT2D eigenvalue weighted by Crippen LogP contribution is 2.38. The second kappa shape index (κ2) is 6.89. The van der Waals surface area contributed by atoms with Gasteiger partial charge in [0.05, 0.1) is 17.3 Å². The average molecular weight is 314 g/mol. The van der Waals surface area contributed by atoms with Gasteiger partial charge in [-0.05, 0) is 48.7 Å². The number of halogens is 1. The number of ether oxygens (including phenoxy) is 1. The molecule has 0 fully saturated rings. The Hall–Kier alpha value is -1.93. The summed E-state index contributed by atoms with van der Waals surface area (Å²) in [4.78, 5) is 2.14. The van der Waals surface area contributed by atoms with Gasteiger partial charge >= 0.3 is 0 Å². The first kappa shape index (κ1) is 15.0. The lowest BCUT2D eigenvalue weighted by molar-refractivity contribution is 0.309. The van der Waals surface area contributed by atoms with Crippen LogP contribution in [0.2, 0.25) is 5.02 Å². The van der Waals surface area contributed by atoms with Crippen molar-refractivity contribution in [3.63, 3.8) is 0 Å². The van der Waals surface area contributed by atoms with Crippen LogP contribution >= 0.6 is 11.6 Å². The van der Waals surface area contributed by atoms with Gasteiger partial charge in [-0.25, -0.2) is 0 Å². The van der Waals surface area contributed by atoms with Crippen molar-refractivity contribution >= 4 is 23.0 Å². The number of allylic oxidation sites excluding steroid dienone is 1. The Morgan fingerprint density at radius 2 is 1.95 bits per heavy atom. The molecule has 2 aromatic rings. The standard InChI is InChI=1S/C19H20ClNO/c1-2-3-14-22-17-11-9-16(10-12-17)21-13-5-7-15-6-4-8-18(20)19(15)21/h4-6,8-13H,2-3,7,14H2,1H3. The predicted molar refractivity (Wildman–Crippen MR) is 93.3 cm³/mol. The molecule has 0 aromatic heterocycles. The molecule has 1 aliphatic heterocycles. The number of hydrogen-bond acceptors (Lipinski definition) is 2. The Kier molecular flexibility index (Phi) is 4.69. The maximum Gasteiger partial charge on any atom is 0.119 e. The highest BCUT2D eigenvalue weighted by Gasteiger charge is 2.17. The molecule has 22 heavy (non-hydrogen) atoms. The lowest BCUT2D eigenvalue weighted by Crippen LogP contribution is -2.14. The lowest BCUT2D eigenvalue weighted by atomic mass is 10.0. The molecule has 0 bridgehead atoms. The van der Waals surface area contributed by atoms with Gasteiger partial charge in [0.15, 0.2) is 0 Å². The summed E-state index contributed by atoms with van der Waals surface area (Å²) in [5, 5.41) is 0.783. The predicted octanol–water partition coefficient (Wildman–Crippen LogP) is 5.73. The maximum atomic E-state index is 6.40. The van der Waals surface area contributed by atoms with E-state index in [1.807, 2.05) is 24.3 Å². The third-order valence-corrected chi connectivity index (χ3v) is 4.09. The molecule has 0 amide bonds. The molecule has 3 heteroatoms. The van der Waals surface area contributed by atoms with Crippen LogP contribution in [0.5, 0.6) is 5.75 Å². The maximum absolute atomic E-state index is 6.40. The highest BCUT2D eigenvalue weighted by molar-refractivity contribution is 6.33. The average Bonchev–Trinajstić information content (AvgIpc) is 2.56. The van der Waals surface area contributed by atoms with Gasteiger partial charge < -0.3 is 9.64 Å². The quantitative estimate of drug-likeness (QED) is 0.654. The first-order chi connectivity index (χ1) is 10.8. The van der Waals surface area contributed by atoms with E-state index in [1.54, 1.807) is 0 Å². The Labute approximate surface area is 137 Å². The first-order valence-corrected chi connectivity index (χ1v) is 8.13. The van der Waals surface area contributed by atoms with Gasteiger partial charge in [-0.3, -0.25) is 0 Å². The monoisotopic (exact) mass is 313 g/mol. The molecule has 0 aliphatic carbocycles. The smallest absolute Gasteiger partial charge is 0.119 e. The molecule has 2 nitrogen and oxygen atoms in total. The van der Waals surface area contributed by atoms with E-state index in [2.05, 4.69) is 42.3 Å². The summed E-state index contributed by atoms with van der Waals surface area (Å²) in [7, 11) is 0. The summed E-state index contributed by atoms with van der Waals surface area (Å²) in [6, 6.07) is 14.2. The van der Waals surface area contributed by atoms with Gasteiger partial charge in [0.25, 0.3) is 0 Å². The second-order valence-electron chi connectivity index (χ2n) is 5.40. The minimum atomic E-state index is 0.772. The van der Waals surface area contributed by atoms with Crippen LogP contribution in [0, 0.1) is 0 Å². The van der Waals surface area contributed by atoms with Crippen LogP contribution in [0.25, 0.3) is 0 Å². The molecule has 0 atom stereocenters. The molecular formula is C19H20ClNO. The topological polar surface area (TPSA) is 12.5 Å². The second-order valence-corrected chi connectivity index (χ2v) is 5.81. The van der Waals surface area contributed by atoms with E-state index in [0.717, 1.165) is 48.0 Å². The van der Waals surface area contributed by atoms with Crippen LogP contribution < -0.4 is 9.64 Å². The normalized spacial score (nSPS) is 13.1. The van der Waals surface area contributed by atoms with Crippen molar-refractivity contribution in [2.24, 2.45) is 0 Å². The number of unbranched alkanes of at least 4 members (excludes halogenated alkanes) is 1. The Balaban J connectivity index is 1.83. The van der Waals surface area contributed by atoms with E-state index in [9.17, 15) is 0 Å². The van der Waals surface area contributed by atoms with Crippen LogP contribution in [0.15, 0.2) is 54.7 Å². The summed E-state index contributed by atoms with van der Waals surface area (Å²) < 4.78 is 5.72. The van der Waals surface area contributed by atoms with Crippen molar-refractivity contribution in [1.82, 2.24) is 0 Å². The number of rotatable bonds is 5. The molecule has 0 saturated carbocycles. The first-order valence-electron chi connectivity index (χ1n) is 7.75. The molecule has 0 unspecified atom stereocenters. The van der Waals surface area contributed by atoms with Crippen LogP contribution in [-0.4, -0.2) is 6.61 Å². The number of anilines is 2. The third kappa shape index (κ3) is 3.12. The highest BCUT2D eigenvalue weighted by atomic mass is 35.5. The summed E-state index contributed by atoms with van der Waals surface area (Å²) in [6.07, 6.45) is 7.39. The van der Waals surface area contributed by atoms with Crippen LogP contribution in [0.1, 0.15) is 25.3 Å². The molecule has 0 N–H and O–H groups in total. The molecule has 0 spiro atoms. The minimum absolute atomic E-state index is 0.772. The number of hydrogen-bond donors (Lipinski definition) is 0. The van der Waals surface area contributed by atoms with E-state index < -0.39 is 0 Å². The fourth-order valence-corrected chi connectivity index (χ4v) is 2.89. The van der Waals surface area contributed by atoms with Crippen molar-refractivity contribution in [2.75, 3.05) is 11.5 Å². The van der Waals surface area contributed by atoms with Crippen LogP contribution in [0.4, 0.5) is 11.4 Å². The number of fused-ring (bicyclic) bond motifs is 1. The molecular weight excluding hydrogens is 294 g/mol. The molecule has 1 aliphatic rings. The van der Waals surface area contributed by atoms with Gasteiger partial charge in [0, 0.05) is 11.9 Å². The van der Waals surface area contributed by atoms with Crippen molar-refractivity contribution < 1.29 is 4.74 Å². The van der Waals surface area contributed by atoms with Crippen molar-refractivity contribution in [3.05, 3.63) is 65.3 Å². The van der Waals surface area contributed by atoms with Crippen molar-refractivity contribution in [2.45, 2.75) is 26.2 Å². The van der Waals surface area contributed by atoms with E-state index in [1.165, 1.54) is 5.56 Å². The zero-order valence-corrected chi connectivity index (χ0v) is 13.5. The molecule has 0 radical (unpaired) electrons. The van der Waals surface area contributed by atoms with Gasteiger partial charge in [0.2, 0.25) is 0 Å². The summed E-state index contributed by atoms with van der Waals surface area (Å²) in [5.41, 5.74) is 3.41. The summed E-state index contributed by atoms with van der Waals surface area (Å²) >= 11 is 6.40. The third-order valence-electron chi connectivity index (χ3n) is 3.79. The van der Waals surface area contributed by atoms with Crippen LogP contribution in [0.3, 0.4) is 0 Å². The summed E-state index contributed by atoms with van der Waals surface area (Å²) in [6.45, 7) is 2.93. The number of nitrogens with zero attached hydrogens (tertiary/aromatic N) is 1. The molecule has 114 valence electrons. The van der Waals surface area contributed by atoms with Crippen molar-refractivity contribution in [3.8, 4) is 5.75 Å². The zero-order chi connectivity index (χ0) is 15.4. The lowest BCUT2D eigenvalue weighted by Gasteiger charge is -2.27. The Morgan fingerprint density at radius 1 is 1.14 bits per heavy atom.